The van der Waals surface area contributed by atoms with Crippen LogP contribution < -0.4 is 4.74 Å². The van der Waals surface area contributed by atoms with Gasteiger partial charge >= 0.3 is 0 Å². The summed E-state index contributed by atoms with van der Waals surface area (Å²) in [6, 6.07) is 5.87. The van der Waals surface area contributed by atoms with Crippen LogP contribution in [0.3, 0.4) is 0 Å². The number of benzene rings is 1. The average molecular weight is 407 g/mol. The number of aromatic nitrogens is 2. The topological polar surface area (TPSA) is 35.0 Å². The molecule has 100 valence electrons. The molecular weight excluding hydrogens is 395 g/mol. The lowest BCUT2D eigenvalue weighted by atomic mass is 10.0. The molecule has 6 heteroatoms. The Kier molecular flexibility index (Phi) is 4.81. The van der Waals surface area contributed by atoms with Crippen molar-refractivity contribution in [2.75, 3.05) is 0 Å². The minimum absolute atomic E-state index is 0.154. The van der Waals surface area contributed by atoms with Gasteiger partial charge in [0, 0.05) is 10.7 Å². The molecule has 0 spiro atoms. The molecule has 0 N–H and O–H groups in total. The molecule has 1 heterocycles. The highest BCUT2D eigenvalue weighted by Crippen LogP contribution is 2.34. The van der Waals surface area contributed by atoms with Crippen molar-refractivity contribution in [1.29, 1.82) is 0 Å². The quantitative estimate of drug-likeness (QED) is 0.625. The molecule has 0 saturated heterocycles. The Balaban J connectivity index is 2.40. The van der Waals surface area contributed by atoms with Crippen molar-refractivity contribution in [3.05, 3.63) is 44.2 Å². The molecule has 0 radical (unpaired) electrons. The fourth-order valence-corrected chi connectivity index (χ4v) is 2.35. The third-order valence-corrected chi connectivity index (χ3v) is 3.70. The van der Waals surface area contributed by atoms with Crippen molar-refractivity contribution in [2.24, 2.45) is 0 Å². The van der Waals surface area contributed by atoms with Gasteiger partial charge in [-0.25, -0.2) is 4.98 Å². The maximum atomic E-state index is 5.83. The van der Waals surface area contributed by atoms with Gasteiger partial charge in [-0.05, 0) is 57.2 Å². The van der Waals surface area contributed by atoms with E-state index < -0.39 is 0 Å². The molecule has 0 amide bonds. The molecule has 0 aliphatic rings. The average Bonchev–Trinajstić information content (AvgIpc) is 2.35. The van der Waals surface area contributed by atoms with Crippen molar-refractivity contribution in [3.63, 3.8) is 0 Å². The molecule has 19 heavy (non-hydrogen) atoms. The molecule has 3 nitrogen and oxygen atoms in total. The number of halogens is 3. The number of hydrogen-bond acceptors (Lipinski definition) is 3. The predicted octanol–water partition coefficient (Wildman–Crippen LogP) is 5.57. The van der Waals surface area contributed by atoms with Gasteiger partial charge in [0.05, 0.1) is 4.47 Å². The molecule has 0 saturated carbocycles. The van der Waals surface area contributed by atoms with Crippen LogP contribution in [-0.2, 0) is 0 Å². The molecule has 0 fully saturated rings. The zero-order valence-corrected chi connectivity index (χ0v) is 14.3. The first kappa shape index (κ1) is 14.8. The molecule has 0 atom stereocenters. The van der Waals surface area contributed by atoms with Crippen molar-refractivity contribution in [3.8, 4) is 11.6 Å². The second-order valence-corrected chi connectivity index (χ2v) is 6.34. The van der Waals surface area contributed by atoms with Crippen LogP contribution in [-0.4, -0.2) is 9.97 Å². The summed E-state index contributed by atoms with van der Waals surface area (Å²) in [5.41, 5.74) is 1.09. The highest BCUT2D eigenvalue weighted by Gasteiger charge is 2.12. The Morgan fingerprint density at radius 3 is 2.68 bits per heavy atom. The summed E-state index contributed by atoms with van der Waals surface area (Å²) < 4.78 is 7.51. The highest BCUT2D eigenvalue weighted by molar-refractivity contribution is 9.10. The van der Waals surface area contributed by atoms with E-state index in [0.717, 1.165) is 15.8 Å². The molecule has 0 unspecified atom stereocenters. The smallest absolute Gasteiger partial charge is 0.237 e. The number of nitrogens with zero attached hydrogens (tertiary/aromatic N) is 2. The van der Waals surface area contributed by atoms with E-state index in [-0.39, 0.29) is 5.28 Å². The molecule has 2 aromatic rings. The van der Waals surface area contributed by atoms with Crippen molar-refractivity contribution >= 4 is 43.5 Å². The van der Waals surface area contributed by atoms with Crippen molar-refractivity contribution < 1.29 is 4.74 Å². The van der Waals surface area contributed by atoms with Crippen LogP contribution in [0, 0.1) is 0 Å². The minimum Gasteiger partial charge on any atom is -0.437 e. The van der Waals surface area contributed by atoms with Crippen LogP contribution in [0.1, 0.15) is 25.3 Å². The van der Waals surface area contributed by atoms with E-state index in [4.69, 9.17) is 16.3 Å². The molecule has 1 aromatic heterocycles. The van der Waals surface area contributed by atoms with Crippen molar-refractivity contribution in [1.82, 2.24) is 9.97 Å². The Morgan fingerprint density at radius 2 is 2.00 bits per heavy atom. The van der Waals surface area contributed by atoms with Crippen LogP contribution in [0.4, 0.5) is 0 Å². The maximum absolute atomic E-state index is 5.83. The van der Waals surface area contributed by atoms with E-state index in [1.165, 1.54) is 0 Å². The summed E-state index contributed by atoms with van der Waals surface area (Å²) in [7, 11) is 0. The van der Waals surface area contributed by atoms with Gasteiger partial charge in [-0.3, -0.25) is 0 Å². The lowest BCUT2D eigenvalue weighted by Gasteiger charge is -2.14. The number of hydrogen-bond donors (Lipinski definition) is 0. The van der Waals surface area contributed by atoms with Gasteiger partial charge in [-0.2, -0.15) is 4.98 Å². The van der Waals surface area contributed by atoms with Crippen LogP contribution in [0.25, 0.3) is 0 Å². The summed E-state index contributed by atoms with van der Waals surface area (Å²) in [6.07, 6.45) is 1.57. The summed E-state index contributed by atoms with van der Waals surface area (Å²) in [4.78, 5) is 7.94. The van der Waals surface area contributed by atoms with Gasteiger partial charge in [0.15, 0.2) is 0 Å². The third kappa shape index (κ3) is 3.68. The second-order valence-electron chi connectivity index (χ2n) is 4.23. The molecule has 1 aromatic carbocycles. The van der Waals surface area contributed by atoms with Gasteiger partial charge in [0.25, 0.3) is 0 Å². The summed E-state index contributed by atoms with van der Waals surface area (Å²) in [6.45, 7) is 4.22. The fraction of sp³-hybridized carbons (Fsp3) is 0.231. The van der Waals surface area contributed by atoms with Crippen LogP contribution in [0.15, 0.2) is 33.3 Å². The highest BCUT2D eigenvalue weighted by atomic mass is 79.9. The molecular formula is C13H11Br2ClN2O. The predicted molar refractivity (Wildman–Crippen MR) is 83.0 cm³/mol. The van der Waals surface area contributed by atoms with E-state index >= 15 is 0 Å². The molecule has 2 rings (SSSR count). The van der Waals surface area contributed by atoms with E-state index in [2.05, 4.69) is 55.7 Å². The minimum atomic E-state index is 0.154. The summed E-state index contributed by atoms with van der Waals surface area (Å²) >= 11 is 12.6. The Hall–Kier alpha value is -0.650. The zero-order chi connectivity index (χ0) is 14.0. The van der Waals surface area contributed by atoms with Gasteiger partial charge in [0.2, 0.25) is 11.2 Å². The standard InChI is InChI=1S/C13H11Br2ClN2O/c1-7(2)9-5-8(14)3-4-11(9)19-12-10(15)6-17-13(16)18-12/h3-7H,1-2H3. The van der Waals surface area contributed by atoms with Gasteiger partial charge in [-0.1, -0.05) is 29.8 Å². The first-order chi connectivity index (χ1) is 8.97. The number of rotatable bonds is 3. The molecule has 0 aliphatic carbocycles. The Bertz CT molecular complexity index is 605. The van der Waals surface area contributed by atoms with E-state index in [1.54, 1.807) is 6.20 Å². The van der Waals surface area contributed by atoms with Crippen LogP contribution in [0.5, 0.6) is 11.6 Å². The Labute approximate surface area is 133 Å². The third-order valence-electron chi connectivity index (χ3n) is 2.48. The maximum Gasteiger partial charge on any atom is 0.237 e. The first-order valence-electron chi connectivity index (χ1n) is 5.62. The van der Waals surface area contributed by atoms with Crippen molar-refractivity contribution in [2.45, 2.75) is 19.8 Å². The largest absolute Gasteiger partial charge is 0.437 e. The number of ether oxygens (including phenoxy) is 1. The van der Waals surface area contributed by atoms with Gasteiger partial charge in [0.1, 0.15) is 5.75 Å². The SMILES string of the molecule is CC(C)c1cc(Br)ccc1Oc1nc(Cl)ncc1Br. The second kappa shape index (κ2) is 6.20. The van der Waals surface area contributed by atoms with E-state index in [9.17, 15) is 0 Å². The monoisotopic (exact) mass is 404 g/mol. The van der Waals surface area contributed by atoms with Gasteiger partial charge in [-0.15, -0.1) is 0 Å². The molecule has 0 aliphatic heterocycles. The van der Waals surface area contributed by atoms with Crippen LogP contribution >= 0.6 is 43.5 Å². The van der Waals surface area contributed by atoms with Gasteiger partial charge < -0.3 is 4.74 Å². The summed E-state index contributed by atoms with van der Waals surface area (Å²) in [5.74, 6) is 1.50. The lowest BCUT2D eigenvalue weighted by Crippen LogP contribution is -1.97. The first-order valence-corrected chi connectivity index (χ1v) is 7.59. The van der Waals surface area contributed by atoms with E-state index in [0.29, 0.717) is 16.3 Å². The fourth-order valence-electron chi connectivity index (χ4n) is 1.57. The van der Waals surface area contributed by atoms with E-state index in [1.807, 2.05) is 18.2 Å². The Morgan fingerprint density at radius 1 is 1.26 bits per heavy atom. The molecule has 0 bridgehead atoms. The normalized spacial score (nSPS) is 10.8. The van der Waals surface area contributed by atoms with Crippen LogP contribution in [0.2, 0.25) is 5.28 Å². The summed E-state index contributed by atoms with van der Waals surface area (Å²) in [5, 5.41) is 0.154. The lowest BCUT2D eigenvalue weighted by molar-refractivity contribution is 0.450. The zero-order valence-electron chi connectivity index (χ0n) is 10.3.